The molecule has 2 atom stereocenters. The normalized spacial score (nSPS) is 32.9. The Balaban J connectivity index is 1.73. The van der Waals surface area contributed by atoms with Crippen molar-refractivity contribution in [3.05, 3.63) is 29.3 Å². The van der Waals surface area contributed by atoms with Gasteiger partial charge >= 0.3 is 0 Å². The molecule has 3 heterocycles. The average molecular weight is 288 g/mol. The maximum Gasteiger partial charge on any atom is 0.127 e. The van der Waals surface area contributed by atoms with Crippen molar-refractivity contribution in [1.29, 1.82) is 0 Å². The highest BCUT2D eigenvalue weighted by Crippen LogP contribution is 2.46. The van der Waals surface area contributed by atoms with Gasteiger partial charge in [-0.2, -0.15) is 0 Å². The van der Waals surface area contributed by atoms with Crippen molar-refractivity contribution in [1.82, 2.24) is 10.2 Å². The number of nitrogens with zero attached hydrogens (tertiary/aromatic N) is 1. The van der Waals surface area contributed by atoms with Gasteiger partial charge in [0.2, 0.25) is 0 Å². The second kappa shape index (κ2) is 5.27. The van der Waals surface area contributed by atoms with Gasteiger partial charge in [0.15, 0.2) is 0 Å². The van der Waals surface area contributed by atoms with Gasteiger partial charge in [0.25, 0.3) is 0 Å². The van der Waals surface area contributed by atoms with Gasteiger partial charge in [-0.3, -0.25) is 4.90 Å². The van der Waals surface area contributed by atoms with Crippen LogP contribution in [0.1, 0.15) is 30.0 Å². The monoisotopic (exact) mass is 288 g/mol. The Labute approximate surface area is 126 Å². The first kappa shape index (κ1) is 13.6. The molecular formula is C17H24N2O2. The molecule has 3 aliphatic heterocycles. The second-order valence-electron chi connectivity index (χ2n) is 6.57. The quantitative estimate of drug-likeness (QED) is 0.855. The summed E-state index contributed by atoms with van der Waals surface area (Å²) in [6.45, 7) is 7.96. The molecule has 0 aromatic heterocycles. The molecule has 3 aliphatic rings. The SMILES string of the molecule is Cc1cccc2c1OC1(CCNC1)CC2N1CCOCC1. The van der Waals surface area contributed by atoms with Crippen molar-refractivity contribution in [3.63, 3.8) is 0 Å². The van der Waals surface area contributed by atoms with Crippen LogP contribution in [0.4, 0.5) is 0 Å². The van der Waals surface area contributed by atoms with E-state index in [1.165, 1.54) is 11.1 Å². The fourth-order valence-electron chi connectivity index (χ4n) is 3.99. The summed E-state index contributed by atoms with van der Waals surface area (Å²) in [4.78, 5) is 2.59. The molecule has 114 valence electrons. The lowest BCUT2D eigenvalue weighted by molar-refractivity contribution is -0.0260. The highest BCUT2D eigenvalue weighted by molar-refractivity contribution is 5.45. The van der Waals surface area contributed by atoms with E-state index in [1.807, 2.05) is 0 Å². The molecule has 2 unspecified atom stereocenters. The Morgan fingerprint density at radius 2 is 2.14 bits per heavy atom. The minimum Gasteiger partial charge on any atom is -0.485 e. The summed E-state index contributed by atoms with van der Waals surface area (Å²) in [5.74, 6) is 1.13. The molecule has 2 fully saturated rings. The molecule has 0 aliphatic carbocycles. The molecule has 1 N–H and O–H groups in total. The van der Waals surface area contributed by atoms with Crippen LogP contribution in [0.15, 0.2) is 18.2 Å². The van der Waals surface area contributed by atoms with Crippen LogP contribution in [0.2, 0.25) is 0 Å². The third-order valence-electron chi connectivity index (χ3n) is 5.18. The van der Waals surface area contributed by atoms with Crippen LogP contribution in [-0.4, -0.2) is 49.9 Å². The molecular weight excluding hydrogens is 264 g/mol. The summed E-state index contributed by atoms with van der Waals surface area (Å²) in [5, 5.41) is 3.49. The van der Waals surface area contributed by atoms with Crippen LogP contribution >= 0.6 is 0 Å². The summed E-state index contributed by atoms with van der Waals surface area (Å²) < 4.78 is 12.0. The summed E-state index contributed by atoms with van der Waals surface area (Å²) in [7, 11) is 0. The molecule has 4 nitrogen and oxygen atoms in total. The van der Waals surface area contributed by atoms with E-state index in [-0.39, 0.29) is 5.60 Å². The van der Waals surface area contributed by atoms with E-state index < -0.39 is 0 Å². The van der Waals surface area contributed by atoms with Gasteiger partial charge in [-0.15, -0.1) is 0 Å². The molecule has 0 amide bonds. The van der Waals surface area contributed by atoms with E-state index in [0.717, 1.165) is 58.0 Å². The van der Waals surface area contributed by atoms with Crippen molar-refractivity contribution in [3.8, 4) is 5.75 Å². The van der Waals surface area contributed by atoms with Crippen LogP contribution in [0.3, 0.4) is 0 Å². The first-order chi connectivity index (χ1) is 10.3. The third-order valence-corrected chi connectivity index (χ3v) is 5.18. The number of fused-ring (bicyclic) bond motifs is 1. The molecule has 1 aromatic carbocycles. The number of morpholine rings is 1. The predicted molar refractivity (Wildman–Crippen MR) is 81.8 cm³/mol. The van der Waals surface area contributed by atoms with Gasteiger partial charge in [0.05, 0.1) is 13.2 Å². The zero-order valence-electron chi connectivity index (χ0n) is 12.7. The van der Waals surface area contributed by atoms with Crippen LogP contribution < -0.4 is 10.1 Å². The Morgan fingerprint density at radius 3 is 2.90 bits per heavy atom. The summed E-state index contributed by atoms with van der Waals surface area (Å²) in [5.41, 5.74) is 2.62. The highest BCUT2D eigenvalue weighted by Gasteiger charge is 2.45. The van der Waals surface area contributed by atoms with E-state index in [9.17, 15) is 0 Å². The van der Waals surface area contributed by atoms with Crippen molar-refractivity contribution in [2.75, 3.05) is 39.4 Å². The fourth-order valence-corrected chi connectivity index (χ4v) is 3.99. The van der Waals surface area contributed by atoms with E-state index >= 15 is 0 Å². The lowest BCUT2D eigenvalue weighted by Gasteiger charge is -2.45. The fraction of sp³-hybridized carbons (Fsp3) is 0.647. The number of aryl methyl sites for hydroxylation is 1. The molecule has 2 saturated heterocycles. The summed E-state index contributed by atoms with van der Waals surface area (Å²) >= 11 is 0. The van der Waals surface area contributed by atoms with Crippen LogP contribution in [-0.2, 0) is 4.74 Å². The molecule has 0 bridgehead atoms. The first-order valence-electron chi connectivity index (χ1n) is 8.08. The highest BCUT2D eigenvalue weighted by atomic mass is 16.5. The lowest BCUT2D eigenvalue weighted by Crippen LogP contribution is -2.49. The molecule has 0 saturated carbocycles. The molecule has 0 radical (unpaired) electrons. The maximum atomic E-state index is 6.51. The van der Waals surface area contributed by atoms with E-state index in [1.54, 1.807) is 0 Å². The molecule has 21 heavy (non-hydrogen) atoms. The van der Waals surface area contributed by atoms with E-state index in [4.69, 9.17) is 9.47 Å². The van der Waals surface area contributed by atoms with Crippen LogP contribution in [0.25, 0.3) is 0 Å². The standard InChI is InChI=1S/C17H24N2O2/c1-13-3-2-4-14-15(19-7-9-20-10-8-19)11-17(21-16(13)14)5-6-18-12-17/h2-4,15,18H,5-12H2,1H3. The minimum atomic E-state index is -0.0118. The molecule has 1 aromatic rings. The number of nitrogens with one attached hydrogen (secondary N) is 1. The van der Waals surface area contributed by atoms with Crippen molar-refractivity contribution < 1.29 is 9.47 Å². The Morgan fingerprint density at radius 1 is 1.29 bits per heavy atom. The number of hydrogen-bond acceptors (Lipinski definition) is 4. The number of hydrogen-bond donors (Lipinski definition) is 1. The van der Waals surface area contributed by atoms with Gasteiger partial charge in [0.1, 0.15) is 11.4 Å². The third kappa shape index (κ3) is 2.35. The average Bonchev–Trinajstić information content (AvgIpc) is 2.96. The number of benzene rings is 1. The van der Waals surface area contributed by atoms with Gasteiger partial charge in [-0.1, -0.05) is 18.2 Å². The van der Waals surface area contributed by atoms with Crippen molar-refractivity contribution in [2.45, 2.75) is 31.4 Å². The Kier molecular flexibility index (Phi) is 3.40. The smallest absolute Gasteiger partial charge is 0.127 e. The van der Waals surface area contributed by atoms with Crippen molar-refractivity contribution in [2.24, 2.45) is 0 Å². The zero-order chi connectivity index (χ0) is 14.3. The molecule has 4 heteroatoms. The topological polar surface area (TPSA) is 33.7 Å². The second-order valence-corrected chi connectivity index (χ2v) is 6.57. The van der Waals surface area contributed by atoms with Crippen LogP contribution in [0.5, 0.6) is 5.75 Å². The predicted octanol–water partition coefficient (Wildman–Crippen LogP) is 1.88. The number of para-hydroxylation sites is 1. The first-order valence-corrected chi connectivity index (χ1v) is 8.08. The zero-order valence-corrected chi connectivity index (χ0v) is 12.7. The lowest BCUT2D eigenvalue weighted by atomic mass is 9.84. The maximum absolute atomic E-state index is 6.51. The number of ether oxygens (including phenoxy) is 2. The van der Waals surface area contributed by atoms with E-state index in [0.29, 0.717) is 6.04 Å². The Hall–Kier alpha value is -1.10. The largest absolute Gasteiger partial charge is 0.485 e. The van der Waals surface area contributed by atoms with Crippen molar-refractivity contribution >= 4 is 0 Å². The molecule has 4 rings (SSSR count). The van der Waals surface area contributed by atoms with E-state index in [2.05, 4.69) is 35.3 Å². The summed E-state index contributed by atoms with van der Waals surface area (Å²) in [6.07, 6.45) is 2.21. The molecule has 1 spiro atoms. The van der Waals surface area contributed by atoms with Crippen LogP contribution in [0, 0.1) is 6.92 Å². The Bertz CT molecular complexity index is 520. The number of rotatable bonds is 1. The summed E-state index contributed by atoms with van der Waals surface area (Å²) in [6, 6.07) is 7.04. The minimum absolute atomic E-state index is 0.0118. The van der Waals surface area contributed by atoms with Gasteiger partial charge in [-0.05, 0) is 19.0 Å². The van der Waals surface area contributed by atoms with Gasteiger partial charge in [0, 0.05) is 44.1 Å². The van der Waals surface area contributed by atoms with Gasteiger partial charge < -0.3 is 14.8 Å². The van der Waals surface area contributed by atoms with Gasteiger partial charge in [-0.25, -0.2) is 0 Å².